The maximum absolute atomic E-state index is 5.93. The van der Waals surface area contributed by atoms with Crippen LogP contribution in [0, 0.1) is 12.8 Å². The number of nitrogens with one attached hydrogen (secondary N) is 1. The van der Waals surface area contributed by atoms with Gasteiger partial charge in [0.1, 0.15) is 12.4 Å². The lowest BCUT2D eigenvalue weighted by Gasteiger charge is -2.09. The van der Waals surface area contributed by atoms with Crippen molar-refractivity contribution in [3.05, 3.63) is 28.8 Å². The van der Waals surface area contributed by atoms with Crippen molar-refractivity contribution in [2.45, 2.75) is 20.8 Å². The van der Waals surface area contributed by atoms with Crippen molar-refractivity contribution in [3.63, 3.8) is 0 Å². The molecular weight excluding hydrogens is 222 g/mol. The summed E-state index contributed by atoms with van der Waals surface area (Å²) in [6, 6.07) is 5.73. The average Bonchev–Trinajstić information content (AvgIpc) is 2.22. The van der Waals surface area contributed by atoms with Crippen LogP contribution in [0.15, 0.2) is 18.2 Å². The Kier molecular flexibility index (Phi) is 5.64. The first-order valence-electron chi connectivity index (χ1n) is 5.69. The predicted molar refractivity (Wildman–Crippen MR) is 69.4 cm³/mol. The highest BCUT2D eigenvalue weighted by atomic mass is 35.5. The Labute approximate surface area is 103 Å². The first-order valence-corrected chi connectivity index (χ1v) is 6.07. The largest absolute Gasteiger partial charge is 0.492 e. The minimum atomic E-state index is 0.678. The molecule has 0 radical (unpaired) electrons. The van der Waals surface area contributed by atoms with Crippen molar-refractivity contribution < 1.29 is 4.74 Å². The zero-order valence-corrected chi connectivity index (χ0v) is 11.0. The van der Waals surface area contributed by atoms with E-state index in [9.17, 15) is 0 Å². The molecule has 0 saturated heterocycles. The molecule has 0 bridgehead atoms. The van der Waals surface area contributed by atoms with Crippen LogP contribution in [0.4, 0.5) is 0 Å². The first-order chi connectivity index (χ1) is 7.59. The second kappa shape index (κ2) is 6.77. The van der Waals surface area contributed by atoms with Crippen molar-refractivity contribution >= 4 is 11.6 Å². The molecular formula is C13H20ClNO. The molecule has 0 aliphatic carbocycles. The Morgan fingerprint density at radius 3 is 2.75 bits per heavy atom. The Morgan fingerprint density at radius 1 is 1.38 bits per heavy atom. The molecule has 16 heavy (non-hydrogen) atoms. The number of hydrogen-bond donors (Lipinski definition) is 1. The van der Waals surface area contributed by atoms with Gasteiger partial charge in [-0.3, -0.25) is 0 Å². The minimum Gasteiger partial charge on any atom is -0.492 e. The molecule has 0 atom stereocenters. The molecule has 0 aliphatic heterocycles. The summed E-state index contributed by atoms with van der Waals surface area (Å²) in [5.41, 5.74) is 1.05. The van der Waals surface area contributed by atoms with Gasteiger partial charge in [0.2, 0.25) is 0 Å². The van der Waals surface area contributed by atoms with Crippen molar-refractivity contribution in [2.75, 3.05) is 19.7 Å². The minimum absolute atomic E-state index is 0.678. The van der Waals surface area contributed by atoms with E-state index in [1.54, 1.807) is 0 Å². The summed E-state index contributed by atoms with van der Waals surface area (Å²) < 4.78 is 5.60. The Bertz CT molecular complexity index is 326. The molecule has 0 heterocycles. The molecule has 0 amide bonds. The van der Waals surface area contributed by atoms with Crippen molar-refractivity contribution in [3.8, 4) is 5.75 Å². The third-order valence-electron chi connectivity index (χ3n) is 2.23. The summed E-state index contributed by atoms with van der Waals surface area (Å²) in [5.74, 6) is 1.56. The lowest BCUT2D eigenvalue weighted by atomic mass is 10.2. The molecule has 90 valence electrons. The van der Waals surface area contributed by atoms with Gasteiger partial charge in [0.15, 0.2) is 0 Å². The zero-order valence-electron chi connectivity index (χ0n) is 10.2. The molecule has 0 aromatic heterocycles. The van der Waals surface area contributed by atoms with Crippen LogP contribution in [0.5, 0.6) is 5.75 Å². The van der Waals surface area contributed by atoms with Gasteiger partial charge in [-0.2, -0.15) is 0 Å². The van der Waals surface area contributed by atoms with Gasteiger partial charge in [0.05, 0.1) is 0 Å². The van der Waals surface area contributed by atoms with E-state index >= 15 is 0 Å². The monoisotopic (exact) mass is 241 g/mol. The van der Waals surface area contributed by atoms with Crippen LogP contribution in [-0.2, 0) is 0 Å². The summed E-state index contributed by atoms with van der Waals surface area (Å²) in [4.78, 5) is 0. The third-order valence-corrected chi connectivity index (χ3v) is 2.65. The number of rotatable bonds is 6. The highest BCUT2D eigenvalue weighted by molar-refractivity contribution is 6.31. The maximum Gasteiger partial charge on any atom is 0.119 e. The van der Waals surface area contributed by atoms with Crippen molar-refractivity contribution in [2.24, 2.45) is 5.92 Å². The number of aryl methyl sites for hydroxylation is 1. The normalized spacial score (nSPS) is 10.8. The molecule has 0 saturated carbocycles. The van der Waals surface area contributed by atoms with E-state index in [1.165, 1.54) is 0 Å². The lowest BCUT2D eigenvalue weighted by Crippen LogP contribution is -2.24. The Balaban J connectivity index is 2.24. The van der Waals surface area contributed by atoms with Crippen LogP contribution in [0.1, 0.15) is 19.4 Å². The van der Waals surface area contributed by atoms with Crippen LogP contribution >= 0.6 is 11.6 Å². The quantitative estimate of drug-likeness (QED) is 0.772. The predicted octanol–water partition coefficient (Wildman–Crippen LogP) is 3.27. The second-order valence-electron chi connectivity index (χ2n) is 4.36. The summed E-state index contributed by atoms with van der Waals surface area (Å²) in [6.07, 6.45) is 0. The molecule has 1 N–H and O–H groups in total. The SMILES string of the molecule is Cc1cc(OCCNCC(C)C)ccc1Cl. The Hall–Kier alpha value is -0.730. The van der Waals surface area contributed by atoms with E-state index in [4.69, 9.17) is 16.3 Å². The molecule has 3 heteroatoms. The van der Waals surface area contributed by atoms with Crippen LogP contribution in [0.2, 0.25) is 5.02 Å². The van der Waals surface area contributed by atoms with Gasteiger partial charge in [-0.1, -0.05) is 25.4 Å². The maximum atomic E-state index is 5.93. The summed E-state index contributed by atoms with van der Waals surface area (Å²) >= 11 is 5.93. The summed E-state index contributed by atoms with van der Waals surface area (Å²) in [7, 11) is 0. The standard InChI is InChI=1S/C13H20ClNO/c1-10(2)9-15-6-7-16-12-4-5-13(14)11(3)8-12/h4-5,8,10,15H,6-7,9H2,1-3H3. The van der Waals surface area contributed by atoms with E-state index in [0.29, 0.717) is 12.5 Å². The second-order valence-corrected chi connectivity index (χ2v) is 4.76. The fraction of sp³-hybridized carbons (Fsp3) is 0.538. The summed E-state index contributed by atoms with van der Waals surface area (Å²) in [5, 5.41) is 4.11. The van der Waals surface area contributed by atoms with Gasteiger partial charge in [-0.25, -0.2) is 0 Å². The summed E-state index contributed by atoms with van der Waals surface area (Å²) in [6.45, 7) is 8.95. The van der Waals surface area contributed by atoms with E-state index in [0.717, 1.165) is 29.4 Å². The Morgan fingerprint density at radius 2 is 2.12 bits per heavy atom. The highest BCUT2D eigenvalue weighted by Crippen LogP contribution is 2.20. The van der Waals surface area contributed by atoms with Crippen molar-refractivity contribution in [1.29, 1.82) is 0 Å². The highest BCUT2D eigenvalue weighted by Gasteiger charge is 1.98. The van der Waals surface area contributed by atoms with Gasteiger partial charge in [-0.15, -0.1) is 0 Å². The van der Waals surface area contributed by atoms with E-state index < -0.39 is 0 Å². The van der Waals surface area contributed by atoms with E-state index in [-0.39, 0.29) is 0 Å². The molecule has 2 nitrogen and oxygen atoms in total. The molecule has 0 unspecified atom stereocenters. The number of hydrogen-bond acceptors (Lipinski definition) is 2. The van der Waals surface area contributed by atoms with E-state index in [1.807, 2.05) is 25.1 Å². The van der Waals surface area contributed by atoms with Gasteiger partial charge in [0, 0.05) is 11.6 Å². The van der Waals surface area contributed by atoms with Crippen LogP contribution in [0.25, 0.3) is 0 Å². The molecule has 0 fully saturated rings. The zero-order chi connectivity index (χ0) is 12.0. The van der Waals surface area contributed by atoms with Crippen molar-refractivity contribution in [1.82, 2.24) is 5.32 Å². The number of halogens is 1. The van der Waals surface area contributed by atoms with Gasteiger partial charge in [0.25, 0.3) is 0 Å². The third kappa shape index (κ3) is 4.86. The van der Waals surface area contributed by atoms with Crippen LogP contribution in [-0.4, -0.2) is 19.7 Å². The molecule has 1 aromatic carbocycles. The average molecular weight is 242 g/mol. The fourth-order valence-corrected chi connectivity index (χ4v) is 1.46. The van der Waals surface area contributed by atoms with E-state index in [2.05, 4.69) is 19.2 Å². The van der Waals surface area contributed by atoms with Crippen LogP contribution < -0.4 is 10.1 Å². The van der Waals surface area contributed by atoms with Gasteiger partial charge < -0.3 is 10.1 Å². The molecule has 0 spiro atoms. The number of ether oxygens (including phenoxy) is 1. The molecule has 0 aliphatic rings. The number of benzene rings is 1. The van der Waals surface area contributed by atoms with Gasteiger partial charge >= 0.3 is 0 Å². The first kappa shape index (κ1) is 13.3. The molecule has 1 rings (SSSR count). The molecule has 1 aromatic rings. The smallest absolute Gasteiger partial charge is 0.119 e. The lowest BCUT2D eigenvalue weighted by molar-refractivity contribution is 0.311. The van der Waals surface area contributed by atoms with Crippen LogP contribution in [0.3, 0.4) is 0 Å². The fourth-order valence-electron chi connectivity index (χ4n) is 1.34. The van der Waals surface area contributed by atoms with Gasteiger partial charge in [-0.05, 0) is 43.1 Å². The topological polar surface area (TPSA) is 21.3 Å².